The fourth-order valence-electron chi connectivity index (χ4n) is 4.28. The van der Waals surface area contributed by atoms with Crippen LogP contribution in [0, 0.1) is 0 Å². The third kappa shape index (κ3) is 5.29. The molecular formula is C25H29N3O3S. The molecule has 1 atom stereocenters. The predicted molar refractivity (Wildman–Crippen MR) is 128 cm³/mol. The van der Waals surface area contributed by atoms with Gasteiger partial charge in [-0.25, -0.2) is 4.98 Å². The van der Waals surface area contributed by atoms with E-state index in [4.69, 9.17) is 0 Å². The number of nitrogens with one attached hydrogen (secondary N) is 2. The van der Waals surface area contributed by atoms with Gasteiger partial charge in [0.15, 0.2) is 16.6 Å². The topological polar surface area (TPSA) is 94.5 Å². The quantitative estimate of drug-likeness (QED) is 0.378. The molecule has 1 aliphatic carbocycles. The molecule has 0 bridgehead atoms. The van der Waals surface area contributed by atoms with E-state index in [0.717, 1.165) is 16.8 Å². The van der Waals surface area contributed by atoms with Gasteiger partial charge in [-0.1, -0.05) is 49.6 Å². The first-order chi connectivity index (χ1) is 15.5. The lowest BCUT2D eigenvalue weighted by atomic mass is 9.84. The Morgan fingerprint density at radius 3 is 2.53 bits per heavy atom. The highest BCUT2D eigenvalue weighted by atomic mass is 32.1. The van der Waals surface area contributed by atoms with Crippen LogP contribution in [-0.4, -0.2) is 34.2 Å². The Hall–Kier alpha value is -2.90. The van der Waals surface area contributed by atoms with Crippen molar-refractivity contribution in [3.8, 4) is 22.8 Å². The Labute approximate surface area is 192 Å². The molecule has 32 heavy (non-hydrogen) atoms. The van der Waals surface area contributed by atoms with Crippen LogP contribution in [0.2, 0.25) is 0 Å². The van der Waals surface area contributed by atoms with Crippen LogP contribution >= 0.6 is 11.3 Å². The molecule has 0 aliphatic heterocycles. The highest BCUT2D eigenvalue weighted by Crippen LogP contribution is 2.34. The van der Waals surface area contributed by atoms with E-state index < -0.39 is 6.04 Å². The highest BCUT2D eigenvalue weighted by Gasteiger charge is 2.20. The minimum absolute atomic E-state index is 0.179. The average Bonchev–Trinajstić information content (AvgIpc) is 3.28. The summed E-state index contributed by atoms with van der Waals surface area (Å²) in [6.07, 6.45) is 6.93. The molecule has 1 heterocycles. The number of hydrogen-bond donors (Lipinski definition) is 4. The van der Waals surface area contributed by atoms with E-state index in [9.17, 15) is 15.0 Å². The molecule has 4 rings (SSSR count). The highest BCUT2D eigenvalue weighted by molar-refractivity contribution is 7.14. The van der Waals surface area contributed by atoms with Gasteiger partial charge in [0.25, 0.3) is 0 Å². The van der Waals surface area contributed by atoms with Crippen LogP contribution in [0.15, 0.2) is 47.8 Å². The largest absolute Gasteiger partial charge is 0.504 e. The number of carbonyl (C=O) groups is 1. The number of benzene rings is 2. The van der Waals surface area contributed by atoms with Crippen molar-refractivity contribution in [2.24, 2.45) is 0 Å². The number of aromatic hydroxyl groups is 2. The molecule has 3 aromatic rings. The summed E-state index contributed by atoms with van der Waals surface area (Å²) in [5.41, 5.74) is 4.05. The van der Waals surface area contributed by atoms with Gasteiger partial charge in [0.1, 0.15) is 0 Å². The first-order valence-corrected chi connectivity index (χ1v) is 12.0. The summed E-state index contributed by atoms with van der Waals surface area (Å²) < 4.78 is 0. The smallest absolute Gasteiger partial charge is 0.243 e. The van der Waals surface area contributed by atoms with Crippen LogP contribution in [0.3, 0.4) is 0 Å². The van der Waals surface area contributed by atoms with Crippen LogP contribution in [-0.2, 0) is 11.2 Å². The fourth-order valence-corrected chi connectivity index (χ4v) is 5.00. The van der Waals surface area contributed by atoms with Crippen LogP contribution in [0.1, 0.15) is 49.1 Å². The monoisotopic (exact) mass is 451 g/mol. The number of hydrogen-bond acceptors (Lipinski definition) is 6. The number of likely N-dealkylation sites (N-methyl/N-ethyl adjacent to an activating group) is 1. The van der Waals surface area contributed by atoms with E-state index in [1.807, 2.05) is 5.38 Å². The van der Waals surface area contributed by atoms with Crippen molar-refractivity contribution in [1.29, 1.82) is 0 Å². The molecule has 1 saturated carbocycles. The maximum absolute atomic E-state index is 12.7. The van der Waals surface area contributed by atoms with Crippen molar-refractivity contribution in [3.63, 3.8) is 0 Å². The van der Waals surface area contributed by atoms with Gasteiger partial charge in [-0.05, 0) is 55.5 Å². The molecule has 4 N–H and O–H groups in total. The standard InChI is InChI=1S/C25H29N3O3S/c1-26-20(13-16-7-12-22(29)23(30)14-16)24(31)28-25-27-21(15-32-25)19-10-8-18(9-11-19)17-5-3-2-4-6-17/h7-12,14-15,17,20,26,29-30H,2-6,13H2,1H3,(H,27,28,31). The molecule has 168 valence electrons. The van der Waals surface area contributed by atoms with Gasteiger partial charge in [-0.2, -0.15) is 0 Å². The number of aromatic nitrogens is 1. The lowest BCUT2D eigenvalue weighted by molar-refractivity contribution is -0.118. The number of thiazole rings is 1. The number of phenols is 2. The molecule has 2 aromatic carbocycles. The predicted octanol–water partition coefficient (Wildman–Crippen LogP) is 5.04. The molecule has 1 unspecified atom stereocenters. The van der Waals surface area contributed by atoms with Crippen molar-refractivity contribution in [3.05, 3.63) is 59.0 Å². The lowest BCUT2D eigenvalue weighted by Gasteiger charge is -2.22. The normalized spacial score (nSPS) is 15.4. The molecule has 0 spiro atoms. The van der Waals surface area contributed by atoms with Crippen LogP contribution in [0.4, 0.5) is 5.13 Å². The summed E-state index contributed by atoms with van der Waals surface area (Å²) in [5, 5.41) is 27.5. The van der Waals surface area contributed by atoms with Crippen molar-refractivity contribution in [2.45, 2.75) is 50.5 Å². The van der Waals surface area contributed by atoms with Crippen molar-refractivity contribution >= 4 is 22.4 Å². The second-order valence-electron chi connectivity index (χ2n) is 8.35. The first kappa shape index (κ1) is 22.3. The summed E-state index contributed by atoms with van der Waals surface area (Å²) in [5.74, 6) is 0.101. The fraction of sp³-hybridized carbons (Fsp3) is 0.360. The van der Waals surface area contributed by atoms with Crippen LogP contribution < -0.4 is 10.6 Å². The number of rotatable bonds is 7. The maximum atomic E-state index is 12.7. The number of amides is 1. The van der Waals surface area contributed by atoms with Crippen molar-refractivity contribution in [2.75, 3.05) is 12.4 Å². The molecule has 1 aromatic heterocycles. The van der Waals surface area contributed by atoms with E-state index >= 15 is 0 Å². The van der Waals surface area contributed by atoms with Gasteiger partial charge in [-0.3, -0.25) is 4.79 Å². The number of carbonyl (C=O) groups excluding carboxylic acids is 1. The minimum atomic E-state index is -0.499. The summed E-state index contributed by atoms with van der Waals surface area (Å²) in [6, 6.07) is 12.7. The lowest BCUT2D eigenvalue weighted by Crippen LogP contribution is -2.40. The Morgan fingerprint density at radius 1 is 1.09 bits per heavy atom. The van der Waals surface area contributed by atoms with Crippen LogP contribution in [0.5, 0.6) is 11.5 Å². The zero-order valence-electron chi connectivity index (χ0n) is 18.2. The third-order valence-electron chi connectivity index (χ3n) is 6.16. The van der Waals surface area contributed by atoms with Gasteiger partial charge < -0.3 is 20.8 Å². The first-order valence-electron chi connectivity index (χ1n) is 11.1. The van der Waals surface area contributed by atoms with Gasteiger partial charge >= 0.3 is 0 Å². The Bertz CT molecular complexity index is 1060. The summed E-state index contributed by atoms with van der Waals surface area (Å²) in [6.45, 7) is 0. The maximum Gasteiger partial charge on any atom is 0.243 e. The number of phenolic OH excluding ortho intramolecular Hbond substituents is 2. The van der Waals surface area contributed by atoms with E-state index in [0.29, 0.717) is 17.5 Å². The molecular weight excluding hydrogens is 422 g/mol. The van der Waals surface area contributed by atoms with Gasteiger partial charge in [0.05, 0.1) is 11.7 Å². The van der Waals surface area contributed by atoms with E-state index in [1.54, 1.807) is 13.1 Å². The Morgan fingerprint density at radius 2 is 1.84 bits per heavy atom. The number of nitrogens with zero attached hydrogens (tertiary/aromatic N) is 1. The second kappa shape index (κ2) is 10.1. The molecule has 1 amide bonds. The molecule has 6 nitrogen and oxygen atoms in total. The Balaban J connectivity index is 1.39. The summed E-state index contributed by atoms with van der Waals surface area (Å²) >= 11 is 1.40. The van der Waals surface area contributed by atoms with Crippen LogP contribution in [0.25, 0.3) is 11.3 Å². The Kier molecular flexibility index (Phi) is 7.07. The van der Waals surface area contributed by atoms with E-state index in [-0.39, 0.29) is 17.4 Å². The van der Waals surface area contributed by atoms with Gasteiger partial charge in [0, 0.05) is 10.9 Å². The van der Waals surface area contributed by atoms with Gasteiger partial charge in [-0.15, -0.1) is 11.3 Å². The molecule has 1 fully saturated rings. The molecule has 0 radical (unpaired) electrons. The average molecular weight is 452 g/mol. The summed E-state index contributed by atoms with van der Waals surface area (Å²) in [4.78, 5) is 17.3. The SMILES string of the molecule is CNC(Cc1ccc(O)c(O)c1)C(=O)Nc1nc(-c2ccc(C3CCCCC3)cc2)cs1. The van der Waals surface area contributed by atoms with E-state index in [2.05, 4.69) is 39.9 Å². The molecule has 1 aliphatic rings. The van der Waals surface area contributed by atoms with Gasteiger partial charge in [0.2, 0.25) is 5.91 Å². The minimum Gasteiger partial charge on any atom is -0.504 e. The van der Waals surface area contributed by atoms with Crippen molar-refractivity contribution < 1.29 is 15.0 Å². The summed E-state index contributed by atoms with van der Waals surface area (Å²) in [7, 11) is 1.71. The molecule has 0 saturated heterocycles. The van der Waals surface area contributed by atoms with E-state index in [1.165, 1.54) is 61.1 Å². The van der Waals surface area contributed by atoms with Crippen molar-refractivity contribution in [1.82, 2.24) is 10.3 Å². The third-order valence-corrected chi connectivity index (χ3v) is 6.92. The zero-order chi connectivity index (χ0) is 22.5. The number of anilines is 1. The second-order valence-corrected chi connectivity index (χ2v) is 9.21. The molecule has 7 heteroatoms. The zero-order valence-corrected chi connectivity index (χ0v) is 19.0.